The summed E-state index contributed by atoms with van der Waals surface area (Å²) in [5.41, 5.74) is 5.76. The molecule has 0 aromatic carbocycles. The van der Waals surface area contributed by atoms with Gasteiger partial charge in [-0.25, -0.2) is 4.98 Å². The molecule has 4 nitrogen and oxygen atoms in total. The number of aromatic nitrogens is 2. The summed E-state index contributed by atoms with van der Waals surface area (Å²) in [6.07, 6.45) is 6.08. The molecule has 0 aliphatic heterocycles. The molecule has 0 unspecified atom stereocenters. The molecule has 0 amide bonds. The van der Waals surface area contributed by atoms with E-state index in [-0.39, 0.29) is 0 Å². The molecule has 2 rings (SSSR count). The van der Waals surface area contributed by atoms with E-state index in [4.69, 9.17) is 5.73 Å². The van der Waals surface area contributed by atoms with Crippen molar-refractivity contribution in [2.45, 2.75) is 31.5 Å². The van der Waals surface area contributed by atoms with Crippen LogP contribution < -0.4 is 5.73 Å². The van der Waals surface area contributed by atoms with Gasteiger partial charge < -0.3 is 10.3 Å². The van der Waals surface area contributed by atoms with Crippen molar-refractivity contribution in [2.75, 3.05) is 7.05 Å². The summed E-state index contributed by atoms with van der Waals surface area (Å²) >= 11 is 0. The molecule has 1 saturated carbocycles. The van der Waals surface area contributed by atoms with Gasteiger partial charge in [-0.15, -0.1) is 0 Å². The van der Waals surface area contributed by atoms with Gasteiger partial charge in [0.15, 0.2) is 0 Å². The van der Waals surface area contributed by atoms with Gasteiger partial charge in [-0.1, -0.05) is 0 Å². The summed E-state index contributed by atoms with van der Waals surface area (Å²) in [4.78, 5) is 6.64. The Morgan fingerprint density at radius 2 is 2.36 bits per heavy atom. The van der Waals surface area contributed by atoms with Crippen LogP contribution in [-0.2, 0) is 13.6 Å². The fourth-order valence-electron chi connectivity index (χ4n) is 1.89. The summed E-state index contributed by atoms with van der Waals surface area (Å²) in [6, 6.07) is 1.07. The van der Waals surface area contributed by atoms with Crippen LogP contribution in [0.4, 0.5) is 0 Å². The van der Waals surface area contributed by atoms with E-state index < -0.39 is 0 Å². The molecular formula is C10H18N4. The predicted octanol–water partition coefficient (Wildman–Crippen LogP) is 0.342. The molecule has 2 N–H and O–H groups in total. The van der Waals surface area contributed by atoms with E-state index in [1.165, 1.54) is 0 Å². The summed E-state index contributed by atoms with van der Waals surface area (Å²) in [6.45, 7) is 0.918. The van der Waals surface area contributed by atoms with Gasteiger partial charge in [0.05, 0.1) is 6.54 Å². The maximum Gasteiger partial charge on any atom is 0.122 e. The lowest BCUT2D eigenvalue weighted by Gasteiger charge is -2.39. The molecule has 1 fully saturated rings. The molecule has 1 aliphatic carbocycles. The second-order valence-corrected chi connectivity index (χ2v) is 4.25. The lowest BCUT2D eigenvalue weighted by Crippen LogP contribution is -2.49. The standard InChI is InChI=1S/C10H18N4/c1-13-4-3-12-10(13)7-14(2)9-5-8(11)6-9/h3-4,8-9H,5-7,11H2,1-2H3. The molecule has 0 spiro atoms. The van der Waals surface area contributed by atoms with E-state index in [1.54, 1.807) is 0 Å². The summed E-state index contributed by atoms with van der Waals surface area (Å²) in [5, 5.41) is 0. The summed E-state index contributed by atoms with van der Waals surface area (Å²) in [5.74, 6) is 1.12. The number of rotatable bonds is 3. The van der Waals surface area contributed by atoms with Crippen LogP contribution in [0.5, 0.6) is 0 Å². The van der Waals surface area contributed by atoms with E-state index in [0.29, 0.717) is 12.1 Å². The molecule has 1 aliphatic rings. The van der Waals surface area contributed by atoms with Crippen LogP contribution in [0.25, 0.3) is 0 Å². The quantitative estimate of drug-likeness (QED) is 0.755. The predicted molar refractivity (Wildman–Crippen MR) is 55.7 cm³/mol. The van der Waals surface area contributed by atoms with Crippen LogP contribution in [0.15, 0.2) is 12.4 Å². The van der Waals surface area contributed by atoms with Gasteiger partial charge >= 0.3 is 0 Å². The van der Waals surface area contributed by atoms with E-state index in [0.717, 1.165) is 25.2 Å². The van der Waals surface area contributed by atoms with Crippen molar-refractivity contribution >= 4 is 0 Å². The number of aryl methyl sites for hydroxylation is 1. The van der Waals surface area contributed by atoms with Crippen LogP contribution in [0.2, 0.25) is 0 Å². The highest BCUT2D eigenvalue weighted by atomic mass is 15.2. The van der Waals surface area contributed by atoms with Crippen molar-refractivity contribution in [3.8, 4) is 0 Å². The van der Waals surface area contributed by atoms with E-state index >= 15 is 0 Å². The van der Waals surface area contributed by atoms with E-state index in [1.807, 2.05) is 19.4 Å². The zero-order valence-corrected chi connectivity index (χ0v) is 8.85. The Balaban J connectivity index is 1.89. The van der Waals surface area contributed by atoms with Crippen LogP contribution in [-0.4, -0.2) is 33.6 Å². The fourth-order valence-corrected chi connectivity index (χ4v) is 1.89. The first kappa shape index (κ1) is 9.68. The number of hydrogen-bond acceptors (Lipinski definition) is 3. The minimum absolute atomic E-state index is 0.420. The van der Waals surface area contributed by atoms with E-state index in [2.05, 4.69) is 21.5 Å². The highest BCUT2D eigenvalue weighted by Gasteiger charge is 2.29. The van der Waals surface area contributed by atoms with Crippen molar-refractivity contribution in [3.63, 3.8) is 0 Å². The molecule has 4 heteroatoms. The molecule has 0 atom stereocenters. The minimum Gasteiger partial charge on any atom is -0.337 e. The number of nitrogens with zero attached hydrogens (tertiary/aromatic N) is 3. The highest BCUT2D eigenvalue weighted by Crippen LogP contribution is 2.23. The monoisotopic (exact) mass is 194 g/mol. The molecule has 1 aromatic heterocycles. The fraction of sp³-hybridized carbons (Fsp3) is 0.700. The van der Waals surface area contributed by atoms with Crippen LogP contribution in [0.1, 0.15) is 18.7 Å². The van der Waals surface area contributed by atoms with Gasteiger partial charge in [0, 0.05) is 31.5 Å². The first-order valence-corrected chi connectivity index (χ1v) is 5.09. The second-order valence-electron chi connectivity index (χ2n) is 4.25. The molecule has 1 aromatic rings. The van der Waals surface area contributed by atoms with Crippen molar-refractivity contribution in [1.82, 2.24) is 14.5 Å². The normalized spacial score (nSPS) is 26.6. The third-order valence-corrected chi connectivity index (χ3v) is 3.08. The van der Waals surface area contributed by atoms with Crippen molar-refractivity contribution in [3.05, 3.63) is 18.2 Å². The average molecular weight is 194 g/mol. The molecular weight excluding hydrogens is 176 g/mol. The maximum atomic E-state index is 5.76. The lowest BCUT2D eigenvalue weighted by atomic mass is 9.86. The molecule has 0 saturated heterocycles. The van der Waals surface area contributed by atoms with E-state index in [9.17, 15) is 0 Å². The summed E-state index contributed by atoms with van der Waals surface area (Å²) < 4.78 is 2.06. The Morgan fingerprint density at radius 3 is 2.86 bits per heavy atom. The lowest BCUT2D eigenvalue weighted by molar-refractivity contribution is 0.129. The molecule has 1 heterocycles. The maximum absolute atomic E-state index is 5.76. The Hall–Kier alpha value is -0.870. The first-order chi connectivity index (χ1) is 6.66. The second kappa shape index (κ2) is 3.71. The average Bonchev–Trinajstić information content (AvgIpc) is 2.46. The van der Waals surface area contributed by atoms with Gasteiger partial charge in [0.1, 0.15) is 5.82 Å². The van der Waals surface area contributed by atoms with Gasteiger partial charge in [-0.2, -0.15) is 0 Å². The molecule has 78 valence electrons. The van der Waals surface area contributed by atoms with Crippen LogP contribution >= 0.6 is 0 Å². The molecule has 0 radical (unpaired) electrons. The third kappa shape index (κ3) is 1.81. The number of imidazole rings is 1. The van der Waals surface area contributed by atoms with Crippen LogP contribution in [0.3, 0.4) is 0 Å². The largest absolute Gasteiger partial charge is 0.337 e. The van der Waals surface area contributed by atoms with Crippen molar-refractivity contribution < 1.29 is 0 Å². The topological polar surface area (TPSA) is 47.1 Å². The smallest absolute Gasteiger partial charge is 0.122 e. The first-order valence-electron chi connectivity index (χ1n) is 5.09. The SMILES string of the molecule is CN(Cc1nccn1C)C1CC(N)C1. The zero-order chi connectivity index (χ0) is 10.1. The Labute approximate surface area is 84.7 Å². The van der Waals surface area contributed by atoms with Crippen molar-refractivity contribution in [1.29, 1.82) is 0 Å². The zero-order valence-electron chi connectivity index (χ0n) is 8.85. The van der Waals surface area contributed by atoms with Gasteiger partial charge in [-0.3, -0.25) is 4.90 Å². The van der Waals surface area contributed by atoms with Crippen molar-refractivity contribution in [2.24, 2.45) is 12.8 Å². The van der Waals surface area contributed by atoms with Crippen LogP contribution in [0, 0.1) is 0 Å². The minimum atomic E-state index is 0.420. The summed E-state index contributed by atoms with van der Waals surface area (Å²) in [7, 11) is 4.17. The Bertz CT molecular complexity index is 301. The van der Waals surface area contributed by atoms with Gasteiger partial charge in [0.25, 0.3) is 0 Å². The van der Waals surface area contributed by atoms with Gasteiger partial charge in [0.2, 0.25) is 0 Å². The Kier molecular flexibility index (Phi) is 2.56. The third-order valence-electron chi connectivity index (χ3n) is 3.08. The number of hydrogen-bond donors (Lipinski definition) is 1. The molecule has 14 heavy (non-hydrogen) atoms. The van der Waals surface area contributed by atoms with Gasteiger partial charge in [-0.05, 0) is 19.9 Å². The molecule has 0 bridgehead atoms. The number of nitrogens with two attached hydrogens (primary N) is 1. The Morgan fingerprint density at radius 1 is 1.64 bits per heavy atom. The highest BCUT2D eigenvalue weighted by molar-refractivity contribution is 4.94.